The van der Waals surface area contributed by atoms with Crippen LogP contribution in [0.15, 0.2) is 47.6 Å². The summed E-state index contributed by atoms with van der Waals surface area (Å²) in [7, 11) is -1.93. The van der Waals surface area contributed by atoms with Crippen LogP contribution in [-0.2, 0) is 14.6 Å². The largest absolute Gasteiger partial charge is 0.384 e. The first kappa shape index (κ1) is 23.1. The fraction of sp³-hybridized carbons (Fsp3) is 0.476. The van der Waals surface area contributed by atoms with Crippen molar-refractivity contribution in [2.45, 2.75) is 11.3 Å². The van der Waals surface area contributed by atoms with Gasteiger partial charge in [0, 0.05) is 57.8 Å². The number of carbonyl (C=O) groups is 1. The van der Waals surface area contributed by atoms with Crippen molar-refractivity contribution >= 4 is 21.7 Å². The molecule has 0 unspecified atom stereocenters. The Labute approximate surface area is 183 Å². The molecule has 168 valence electrons. The first-order valence-corrected chi connectivity index (χ1v) is 12.0. The van der Waals surface area contributed by atoms with E-state index < -0.39 is 9.84 Å². The van der Waals surface area contributed by atoms with Crippen molar-refractivity contribution in [3.63, 3.8) is 0 Å². The third-order valence-corrected chi connectivity index (χ3v) is 6.87. The molecule has 1 amide bonds. The van der Waals surface area contributed by atoms with Gasteiger partial charge in [-0.05, 0) is 43.3 Å². The van der Waals surface area contributed by atoms with E-state index in [4.69, 9.17) is 4.74 Å². The summed E-state index contributed by atoms with van der Waals surface area (Å²) in [5, 5.41) is 2.90. The van der Waals surface area contributed by atoms with Gasteiger partial charge in [0.05, 0.1) is 17.3 Å². The van der Waals surface area contributed by atoms with Gasteiger partial charge in [0.2, 0.25) is 5.95 Å². The summed E-state index contributed by atoms with van der Waals surface area (Å²) < 4.78 is 29.1. The molecule has 1 aromatic carbocycles. The summed E-state index contributed by atoms with van der Waals surface area (Å²) in [6.07, 6.45) is 4.35. The fourth-order valence-electron chi connectivity index (χ4n) is 3.36. The number of aromatic nitrogens is 2. The molecule has 1 saturated heterocycles. The van der Waals surface area contributed by atoms with E-state index in [0.29, 0.717) is 12.1 Å². The molecule has 0 radical (unpaired) electrons. The summed E-state index contributed by atoms with van der Waals surface area (Å²) in [6, 6.07) is 7.83. The zero-order valence-electron chi connectivity index (χ0n) is 17.7. The first-order valence-electron chi connectivity index (χ1n) is 10.3. The van der Waals surface area contributed by atoms with Crippen LogP contribution in [0.3, 0.4) is 0 Å². The lowest BCUT2D eigenvalue weighted by Gasteiger charge is -2.34. The molecule has 0 aliphatic carbocycles. The third-order valence-electron chi connectivity index (χ3n) is 5.18. The highest BCUT2D eigenvalue weighted by atomic mass is 32.2. The standard InChI is InChI=1S/C21H29N5O4S/c1-30-16-17-31(28,29)19-6-4-18(5-7-19)20(27)22-10-3-11-25-12-14-26(15-13-25)21-23-8-2-9-24-21/h2,4-9H,3,10-17H2,1H3,(H,22,27). The topological polar surface area (TPSA) is 105 Å². The van der Waals surface area contributed by atoms with E-state index in [2.05, 4.69) is 25.1 Å². The number of carbonyl (C=O) groups excluding carboxylic acids is 1. The van der Waals surface area contributed by atoms with Gasteiger partial charge in [0.25, 0.3) is 5.91 Å². The van der Waals surface area contributed by atoms with Crippen molar-refractivity contribution in [1.29, 1.82) is 0 Å². The Morgan fingerprint density at radius 2 is 1.77 bits per heavy atom. The summed E-state index contributed by atoms with van der Waals surface area (Å²) in [4.78, 5) is 25.6. The smallest absolute Gasteiger partial charge is 0.251 e. The molecule has 2 heterocycles. The lowest BCUT2D eigenvalue weighted by Crippen LogP contribution is -2.47. The Bertz CT molecular complexity index is 930. The second-order valence-corrected chi connectivity index (χ2v) is 9.43. The normalized spacial score (nSPS) is 15.1. The van der Waals surface area contributed by atoms with Crippen LogP contribution in [0.25, 0.3) is 0 Å². The zero-order chi connectivity index (χ0) is 22.1. The van der Waals surface area contributed by atoms with Gasteiger partial charge in [-0.2, -0.15) is 0 Å². The molecule has 3 rings (SSSR count). The highest BCUT2D eigenvalue weighted by Gasteiger charge is 2.18. The lowest BCUT2D eigenvalue weighted by atomic mass is 10.2. The first-order chi connectivity index (χ1) is 15.0. The van der Waals surface area contributed by atoms with Crippen LogP contribution in [0.4, 0.5) is 5.95 Å². The van der Waals surface area contributed by atoms with E-state index >= 15 is 0 Å². The minimum Gasteiger partial charge on any atom is -0.384 e. The number of hydrogen-bond acceptors (Lipinski definition) is 8. The number of amides is 1. The number of ether oxygens (including phenoxy) is 1. The number of benzene rings is 1. The van der Waals surface area contributed by atoms with Gasteiger partial charge < -0.3 is 15.0 Å². The number of piperazine rings is 1. The molecule has 1 aliphatic rings. The SMILES string of the molecule is COCCS(=O)(=O)c1ccc(C(=O)NCCCN2CCN(c3ncccn3)CC2)cc1. The van der Waals surface area contributed by atoms with Gasteiger partial charge in [-0.15, -0.1) is 0 Å². The fourth-order valence-corrected chi connectivity index (χ4v) is 4.53. The second-order valence-electron chi connectivity index (χ2n) is 7.32. The van der Waals surface area contributed by atoms with Gasteiger partial charge in [-0.25, -0.2) is 18.4 Å². The quantitative estimate of drug-likeness (QED) is 0.534. The zero-order valence-corrected chi connectivity index (χ0v) is 18.6. The average Bonchev–Trinajstić information content (AvgIpc) is 2.81. The Kier molecular flexibility index (Phi) is 8.33. The highest BCUT2D eigenvalue weighted by Crippen LogP contribution is 2.13. The van der Waals surface area contributed by atoms with Gasteiger partial charge in [0.15, 0.2) is 9.84 Å². The van der Waals surface area contributed by atoms with E-state index in [1.54, 1.807) is 24.5 Å². The maximum atomic E-state index is 12.3. The predicted molar refractivity (Wildman–Crippen MR) is 118 cm³/mol. The minimum atomic E-state index is -3.39. The van der Waals surface area contributed by atoms with Crippen LogP contribution < -0.4 is 10.2 Å². The van der Waals surface area contributed by atoms with Gasteiger partial charge in [-0.3, -0.25) is 9.69 Å². The number of hydrogen-bond donors (Lipinski definition) is 1. The maximum absolute atomic E-state index is 12.3. The Balaban J connectivity index is 1.37. The monoisotopic (exact) mass is 447 g/mol. The number of methoxy groups -OCH3 is 1. The van der Waals surface area contributed by atoms with Crippen molar-refractivity contribution in [2.75, 3.05) is 63.6 Å². The molecule has 1 aliphatic heterocycles. The van der Waals surface area contributed by atoms with Crippen molar-refractivity contribution in [1.82, 2.24) is 20.2 Å². The summed E-state index contributed by atoms with van der Waals surface area (Å²) in [6.45, 7) is 5.25. The molecule has 0 saturated carbocycles. The summed E-state index contributed by atoms with van der Waals surface area (Å²) >= 11 is 0. The van der Waals surface area contributed by atoms with E-state index in [9.17, 15) is 13.2 Å². The van der Waals surface area contributed by atoms with E-state index in [1.807, 2.05) is 6.07 Å². The molecule has 1 N–H and O–H groups in total. The Morgan fingerprint density at radius 3 is 2.42 bits per heavy atom. The van der Waals surface area contributed by atoms with Gasteiger partial charge in [-0.1, -0.05) is 0 Å². The highest BCUT2D eigenvalue weighted by molar-refractivity contribution is 7.91. The number of nitrogens with zero attached hydrogens (tertiary/aromatic N) is 4. The van der Waals surface area contributed by atoms with Crippen LogP contribution in [0.2, 0.25) is 0 Å². The molecule has 10 heteroatoms. The molecule has 31 heavy (non-hydrogen) atoms. The van der Waals surface area contributed by atoms with Gasteiger partial charge >= 0.3 is 0 Å². The van der Waals surface area contributed by atoms with Crippen LogP contribution >= 0.6 is 0 Å². The van der Waals surface area contributed by atoms with Crippen molar-refractivity contribution in [3.05, 3.63) is 48.3 Å². The lowest BCUT2D eigenvalue weighted by molar-refractivity contribution is 0.0951. The molecule has 1 aromatic heterocycles. The average molecular weight is 448 g/mol. The molecule has 1 fully saturated rings. The summed E-state index contributed by atoms with van der Waals surface area (Å²) in [5.74, 6) is 0.487. The number of nitrogens with one attached hydrogen (secondary N) is 1. The molecule has 0 spiro atoms. The van der Waals surface area contributed by atoms with Crippen molar-refractivity contribution < 1.29 is 17.9 Å². The van der Waals surface area contributed by atoms with Crippen LogP contribution in [0, 0.1) is 0 Å². The minimum absolute atomic E-state index is 0.0817. The van der Waals surface area contributed by atoms with Crippen molar-refractivity contribution in [3.8, 4) is 0 Å². The second kappa shape index (κ2) is 11.2. The van der Waals surface area contributed by atoms with Crippen LogP contribution in [0.5, 0.6) is 0 Å². The molecular weight excluding hydrogens is 418 g/mol. The molecule has 0 bridgehead atoms. The van der Waals surface area contributed by atoms with E-state index in [0.717, 1.165) is 45.1 Å². The number of sulfone groups is 1. The Morgan fingerprint density at radius 1 is 1.10 bits per heavy atom. The molecule has 0 atom stereocenters. The van der Waals surface area contributed by atoms with Crippen molar-refractivity contribution in [2.24, 2.45) is 0 Å². The van der Waals surface area contributed by atoms with E-state index in [-0.39, 0.29) is 23.2 Å². The molecule has 9 nitrogen and oxygen atoms in total. The van der Waals surface area contributed by atoms with E-state index in [1.165, 1.54) is 19.2 Å². The Hall–Kier alpha value is -2.56. The maximum Gasteiger partial charge on any atom is 0.251 e. The molecular formula is C21H29N5O4S. The third kappa shape index (κ3) is 6.71. The number of anilines is 1. The molecule has 2 aromatic rings. The van der Waals surface area contributed by atoms with Crippen LogP contribution in [-0.4, -0.2) is 87.9 Å². The summed E-state index contributed by atoms with van der Waals surface area (Å²) in [5.41, 5.74) is 0.446. The number of rotatable bonds is 10. The van der Waals surface area contributed by atoms with Gasteiger partial charge in [0.1, 0.15) is 0 Å². The predicted octanol–water partition coefficient (Wildman–Crippen LogP) is 0.839. The van der Waals surface area contributed by atoms with Crippen LogP contribution in [0.1, 0.15) is 16.8 Å².